The highest BCUT2D eigenvalue weighted by atomic mass is 35.5. The van der Waals surface area contributed by atoms with Crippen LogP contribution in [0, 0.1) is 11.6 Å². The smallest absolute Gasteiger partial charge is 0.274 e. The summed E-state index contributed by atoms with van der Waals surface area (Å²) in [5.74, 6) is -4.14. The number of nitrogens with one attached hydrogen (secondary N) is 1. The molecule has 2 aromatic rings. The van der Waals surface area contributed by atoms with Crippen LogP contribution >= 0.6 is 11.6 Å². The standard InChI is InChI=1S/C18H16ClF2N3O4.C2H6O/c1-2-23-5-6-24-8-10(15(25)16(26)14(24)18(23)28)17(27)22-7-9-3-4-11(20)12(19)13(9)21;1-2-3/h3-4,8,26H,2,5-7H2,1H3,(H,22,27);3H,2H2,1H3. The highest BCUT2D eigenvalue weighted by Crippen LogP contribution is 2.22. The molecule has 1 aliphatic rings. The highest BCUT2D eigenvalue weighted by Gasteiger charge is 2.30. The van der Waals surface area contributed by atoms with Crippen molar-refractivity contribution in [2.24, 2.45) is 0 Å². The molecule has 0 fully saturated rings. The minimum atomic E-state index is -1.02. The molecule has 31 heavy (non-hydrogen) atoms. The van der Waals surface area contributed by atoms with E-state index in [0.29, 0.717) is 19.6 Å². The molecule has 0 spiro atoms. The molecule has 0 atom stereocenters. The van der Waals surface area contributed by atoms with Gasteiger partial charge in [0.15, 0.2) is 11.4 Å². The number of halogens is 3. The summed E-state index contributed by atoms with van der Waals surface area (Å²) in [5.41, 5.74) is -1.65. The molecule has 2 amide bonds. The van der Waals surface area contributed by atoms with Crippen LogP contribution in [-0.4, -0.2) is 51.2 Å². The number of aromatic hydroxyl groups is 1. The van der Waals surface area contributed by atoms with Crippen molar-refractivity contribution in [3.8, 4) is 5.75 Å². The second-order valence-electron chi connectivity index (χ2n) is 6.48. The van der Waals surface area contributed by atoms with Crippen LogP contribution in [0.3, 0.4) is 0 Å². The van der Waals surface area contributed by atoms with Gasteiger partial charge in [-0.15, -0.1) is 0 Å². The van der Waals surface area contributed by atoms with E-state index in [1.54, 1.807) is 13.8 Å². The Kier molecular flexibility index (Phi) is 8.12. The first-order valence-corrected chi connectivity index (χ1v) is 9.82. The number of pyridine rings is 1. The van der Waals surface area contributed by atoms with Crippen molar-refractivity contribution >= 4 is 23.4 Å². The SMILES string of the molecule is CCN1CCn2cc(C(=O)NCc3ccc(F)c(Cl)c3F)c(=O)c(O)c2C1=O.CCO. The van der Waals surface area contributed by atoms with Crippen LogP contribution in [0.2, 0.25) is 5.02 Å². The fraction of sp³-hybridized carbons (Fsp3) is 0.350. The first kappa shape index (κ1) is 24.3. The summed E-state index contributed by atoms with van der Waals surface area (Å²) in [7, 11) is 0. The van der Waals surface area contributed by atoms with Crippen LogP contribution in [0.1, 0.15) is 40.3 Å². The number of hydrogen-bond acceptors (Lipinski definition) is 5. The number of hydrogen-bond donors (Lipinski definition) is 3. The number of aliphatic hydroxyl groups excluding tert-OH is 1. The van der Waals surface area contributed by atoms with Crippen LogP contribution in [-0.2, 0) is 13.1 Å². The number of aromatic nitrogens is 1. The molecular formula is C20H22ClF2N3O5. The van der Waals surface area contributed by atoms with Crippen molar-refractivity contribution in [2.75, 3.05) is 19.7 Å². The van der Waals surface area contributed by atoms with Crippen molar-refractivity contribution < 1.29 is 28.6 Å². The minimum absolute atomic E-state index is 0.0733. The zero-order valence-electron chi connectivity index (χ0n) is 16.9. The molecule has 1 aromatic carbocycles. The second-order valence-corrected chi connectivity index (χ2v) is 6.86. The lowest BCUT2D eigenvalue weighted by Gasteiger charge is -2.29. The van der Waals surface area contributed by atoms with Gasteiger partial charge in [0.05, 0.1) is 0 Å². The van der Waals surface area contributed by atoms with E-state index in [9.17, 15) is 28.3 Å². The van der Waals surface area contributed by atoms with Gasteiger partial charge >= 0.3 is 0 Å². The fourth-order valence-corrected chi connectivity index (χ4v) is 3.15. The predicted octanol–water partition coefficient (Wildman–Crippen LogP) is 1.89. The number of nitrogens with zero attached hydrogens (tertiary/aromatic N) is 2. The Bertz CT molecular complexity index is 1060. The maximum Gasteiger partial charge on any atom is 0.274 e. The Labute approximate surface area is 181 Å². The number of benzene rings is 1. The van der Waals surface area contributed by atoms with Gasteiger partial charge in [-0.2, -0.15) is 0 Å². The van der Waals surface area contributed by atoms with Crippen molar-refractivity contribution in [3.63, 3.8) is 0 Å². The van der Waals surface area contributed by atoms with Crippen molar-refractivity contribution in [2.45, 2.75) is 26.9 Å². The Balaban J connectivity index is 0.00000107. The Morgan fingerprint density at radius 2 is 1.87 bits per heavy atom. The molecule has 3 rings (SSSR count). The molecule has 11 heteroatoms. The van der Waals surface area contributed by atoms with E-state index in [2.05, 4.69) is 5.32 Å². The average Bonchev–Trinajstić information content (AvgIpc) is 2.74. The number of aliphatic hydroxyl groups is 1. The summed E-state index contributed by atoms with van der Waals surface area (Å²) in [6.45, 7) is 4.43. The average molecular weight is 458 g/mol. The molecule has 0 unspecified atom stereocenters. The molecule has 8 nitrogen and oxygen atoms in total. The lowest BCUT2D eigenvalue weighted by molar-refractivity contribution is 0.0705. The van der Waals surface area contributed by atoms with Crippen LogP contribution in [0.4, 0.5) is 8.78 Å². The van der Waals surface area contributed by atoms with Crippen LogP contribution in [0.5, 0.6) is 5.75 Å². The zero-order chi connectivity index (χ0) is 23.3. The van der Waals surface area contributed by atoms with E-state index >= 15 is 0 Å². The van der Waals surface area contributed by atoms with Gasteiger partial charge in [0, 0.05) is 44.5 Å². The Hall–Kier alpha value is -2.98. The van der Waals surface area contributed by atoms with Gasteiger partial charge in [0.1, 0.15) is 22.2 Å². The monoisotopic (exact) mass is 457 g/mol. The third kappa shape index (κ3) is 5.02. The number of likely N-dealkylation sites (N-methyl/N-ethyl adjacent to an activating group) is 1. The first-order valence-electron chi connectivity index (χ1n) is 9.44. The molecule has 0 bridgehead atoms. The van der Waals surface area contributed by atoms with Crippen molar-refractivity contribution in [1.29, 1.82) is 0 Å². The molecule has 0 radical (unpaired) electrons. The van der Waals surface area contributed by atoms with Gasteiger partial charge in [-0.1, -0.05) is 17.7 Å². The maximum absolute atomic E-state index is 13.9. The third-order valence-electron chi connectivity index (χ3n) is 4.54. The summed E-state index contributed by atoms with van der Waals surface area (Å²) in [6, 6.07) is 2.07. The second kappa shape index (κ2) is 10.4. The molecule has 3 N–H and O–H groups in total. The summed E-state index contributed by atoms with van der Waals surface area (Å²) >= 11 is 5.49. The van der Waals surface area contributed by atoms with E-state index in [4.69, 9.17) is 16.7 Å². The van der Waals surface area contributed by atoms with Crippen LogP contribution < -0.4 is 10.7 Å². The number of carbonyl (C=O) groups is 2. The van der Waals surface area contributed by atoms with Gasteiger partial charge in [0.2, 0.25) is 5.43 Å². The van der Waals surface area contributed by atoms with Gasteiger partial charge in [-0.3, -0.25) is 14.4 Å². The van der Waals surface area contributed by atoms with Crippen molar-refractivity contribution in [1.82, 2.24) is 14.8 Å². The topological polar surface area (TPSA) is 112 Å². The molecule has 0 saturated carbocycles. The van der Waals surface area contributed by atoms with E-state index in [0.717, 1.165) is 12.1 Å². The maximum atomic E-state index is 13.9. The summed E-state index contributed by atoms with van der Waals surface area (Å²) in [6.07, 6.45) is 1.19. The number of carbonyl (C=O) groups excluding carboxylic acids is 2. The van der Waals surface area contributed by atoms with E-state index in [1.165, 1.54) is 15.7 Å². The molecule has 1 aliphatic heterocycles. The van der Waals surface area contributed by atoms with Gasteiger partial charge in [-0.05, 0) is 19.9 Å². The number of rotatable bonds is 4. The Morgan fingerprint density at radius 3 is 2.48 bits per heavy atom. The zero-order valence-corrected chi connectivity index (χ0v) is 17.7. The first-order chi connectivity index (χ1) is 14.7. The summed E-state index contributed by atoms with van der Waals surface area (Å²) in [4.78, 5) is 38.5. The van der Waals surface area contributed by atoms with E-state index in [1.807, 2.05) is 0 Å². The molecule has 2 heterocycles. The van der Waals surface area contributed by atoms with Crippen LogP contribution in [0.15, 0.2) is 23.1 Å². The largest absolute Gasteiger partial charge is 0.503 e. The van der Waals surface area contributed by atoms with Crippen LogP contribution in [0.25, 0.3) is 0 Å². The normalized spacial score (nSPS) is 12.7. The number of fused-ring (bicyclic) bond motifs is 1. The van der Waals surface area contributed by atoms with E-state index in [-0.39, 0.29) is 24.4 Å². The quantitative estimate of drug-likeness (QED) is 0.607. The summed E-state index contributed by atoms with van der Waals surface area (Å²) in [5, 5.41) is 19.4. The lowest BCUT2D eigenvalue weighted by atomic mass is 10.1. The minimum Gasteiger partial charge on any atom is -0.503 e. The van der Waals surface area contributed by atoms with Gasteiger partial charge in [-0.25, -0.2) is 8.78 Å². The predicted molar refractivity (Wildman–Crippen MR) is 109 cm³/mol. The van der Waals surface area contributed by atoms with E-state index < -0.39 is 45.2 Å². The molecular weight excluding hydrogens is 436 g/mol. The molecule has 168 valence electrons. The molecule has 0 aliphatic carbocycles. The number of amides is 2. The lowest BCUT2D eigenvalue weighted by Crippen LogP contribution is -2.42. The molecule has 1 aromatic heterocycles. The van der Waals surface area contributed by atoms with Gasteiger partial charge < -0.3 is 25.0 Å². The van der Waals surface area contributed by atoms with Gasteiger partial charge in [0.25, 0.3) is 11.8 Å². The molecule has 0 saturated heterocycles. The fourth-order valence-electron chi connectivity index (χ4n) is 2.97. The Morgan fingerprint density at radius 1 is 1.23 bits per heavy atom. The van der Waals surface area contributed by atoms with Crippen molar-refractivity contribution in [3.05, 3.63) is 62.0 Å². The highest BCUT2D eigenvalue weighted by molar-refractivity contribution is 6.30. The summed E-state index contributed by atoms with van der Waals surface area (Å²) < 4.78 is 28.5. The third-order valence-corrected chi connectivity index (χ3v) is 4.88.